The number of aryl methyl sites for hydroxylation is 1. The Hall–Kier alpha value is -1.90. The van der Waals surface area contributed by atoms with Gasteiger partial charge in [0, 0.05) is 21.2 Å². The molecule has 3 aromatic rings. The Morgan fingerprint density at radius 3 is 2.67 bits per heavy atom. The maximum absolute atomic E-state index is 6.34. The lowest BCUT2D eigenvalue weighted by Crippen LogP contribution is -2.15. The fourth-order valence-corrected chi connectivity index (χ4v) is 3.84. The summed E-state index contributed by atoms with van der Waals surface area (Å²) in [6, 6.07) is 15.8. The number of fused-ring (bicyclic) bond motifs is 3. The third kappa shape index (κ3) is 2.70. The molecule has 0 aliphatic carbocycles. The Morgan fingerprint density at radius 1 is 1.04 bits per heavy atom. The third-order valence-corrected chi connectivity index (χ3v) is 5.09. The molecule has 1 aliphatic rings. The van der Waals surface area contributed by atoms with Gasteiger partial charge in [0.25, 0.3) is 0 Å². The lowest BCUT2D eigenvalue weighted by Gasteiger charge is -2.28. The zero-order chi connectivity index (χ0) is 16.7. The second kappa shape index (κ2) is 6.19. The van der Waals surface area contributed by atoms with E-state index in [9.17, 15) is 0 Å². The summed E-state index contributed by atoms with van der Waals surface area (Å²) < 4.78 is 11.6. The molecular formula is C20H16Cl2O2. The Bertz CT molecular complexity index is 921. The third-order valence-electron chi connectivity index (χ3n) is 4.53. The van der Waals surface area contributed by atoms with Crippen molar-refractivity contribution in [3.8, 4) is 11.5 Å². The van der Waals surface area contributed by atoms with Crippen LogP contribution in [0.1, 0.15) is 23.7 Å². The van der Waals surface area contributed by atoms with Crippen LogP contribution in [0.3, 0.4) is 0 Å². The van der Waals surface area contributed by atoms with Crippen molar-refractivity contribution in [2.24, 2.45) is 0 Å². The van der Waals surface area contributed by atoms with E-state index in [-0.39, 0.29) is 6.10 Å². The van der Waals surface area contributed by atoms with E-state index in [1.807, 2.05) is 24.3 Å². The first-order valence-corrected chi connectivity index (χ1v) is 8.62. The molecule has 122 valence electrons. The van der Waals surface area contributed by atoms with E-state index < -0.39 is 0 Å². The normalized spacial score (nSPS) is 16.5. The highest BCUT2D eigenvalue weighted by Crippen LogP contribution is 2.41. The van der Waals surface area contributed by atoms with Gasteiger partial charge < -0.3 is 9.47 Å². The monoisotopic (exact) mass is 358 g/mol. The number of ether oxygens (including phenoxy) is 2. The molecule has 3 aromatic carbocycles. The van der Waals surface area contributed by atoms with Gasteiger partial charge >= 0.3 is 0 Å². The predicted molar refractivity (Wildman–Crippen MR) is 98.7 cm³/mol. The molecule has 0 N–H and O–H groups in total. The van der Waals surface area contributed by atoms with Crippen molar-refractivity contribution in [3.05, 3.63) is 69.7 Å². The first kappa shape index (κ1) is 15.6. The van der Waals surface area contributed by atoms with Crippen molar-refractivity contribution in [1.82, 2.24) is 0 Å². The van der Waals surface area contributed by atoms with Crippen LogP contribution >= 0.6 is 23.2 Å². The first-order chi connectivity index (χ1) is 11.7. The molecule has 0 bridgehead atoms. The van der Waals surface area contributed by atoms with Crippen LogP contribution in [0.25, 0.3) is 10.8 Å². The topological polar surface area (TPSA) is 18.5 Å². The quantitative estimate of drug-likeness (QED) is 0.541. The van der Waals surface area contributed by atoms with E-state index in [4.69, 9.17) is 32.7 Å². The van der Waals surface area contributed by atoms with Gasteiger partial charge in [-0.3, -0.25) is 0 Å². The summed E-state index contributed by atoms with van der Waals surface area (Å²) in [7, 11) is 1.69. The molecule has 2 nitrogen and oxygen atoms in total. The lowest BCUT2D eigenvalue weighted by atomic mass is 9.93. The highest BCUT2D eigenvalue weighted by Gasteiger charge is 2.24. The number of halogens is 2. The standard InChI is InChI=1S/C20H16Cl2O2/c1-23-14-5-2-12-3-8-19-15(17(12)11-14)7-9-20(24-19)16-6-4-13(21)10-18(16)22/h2-6,8,10-11,20H,7,9H2,1H3. The maximum Gasteiger partial charge on any atom is 0.125 e. The summed E-state index contributed by atoms with van der Waals surface area (Å²) in [4.78, 5) is 0. The number of hydrogen-bond acceptors (Lipinski definition) is 2. The molecule has 1 aliphatic heterocycles. The van der Waals surface area contributed by atoms with Crippen molar-refractivity contribution in [3.63, 3.8) is 0 Å². The molecule has 0 radical (unpaired) electrons. The molecule has 0 saturated carbocycles. The van der Waals surface area contributed by atoms with Crippen molar-refractivity contribution < 1.29 is 9.47 Å². The molecule has 4 heteroatoms. The Morgan fingerprint density at radius 2 is 1.88 bits per heavy atom. The fourth-order valence-electron chi connectivity index (χ4n) is 3.31. The molecule has 0 spiro atoms. The zero-order valence-electron chi connectivity index (χ0n) is 13.2. The van der Waals surface area contributed by atoms with Gasteiger partial charge in [0.15, 0.2) is 0 Å². The molecule has 24 heavy (non-hydrogen) atoms. The van der Waals surface area contributed by atoms with Crippen LogP contribution in [0.2, 0.25) is 10.0 Å². The summed E-state index contributed by atoms with van der Waals surface area (Å²) in [5.41, 5.74) is 2.21. The summed E-state index contributed by atoms with van der Waals surface area (Å²) in [5, 5.41) is 3.67. The van der Waals surface area contributed by atoms with Crippen molar-refractivity contribution in [2.75, 3.05) is 7.11 Å². The maximum atomic E-state index is 6.34. The van der Waals surface area contributed by atoms with E-state index in [1.165, 1.54) is 16.3 Å². The largest absolute Gasteiger partial charge is 0.497 e. The molecule has 1 heterocycles. The number of hydrogen-bond donors (Lipinski definition) is 0. The molecule has 0 saturated heterocycles. The SMILES string of the molecule is COc1ccc2ccc3c(c2c1)CCC(c1ccc(Cl)cc1Cl)O3. The minimum absolute atomic E-state index is 0.0506. The average molecular weight is 359 g/mol. The smallest absolute Gasteiger partial charge is 0.125 e. The lowest BCUT2D eigenvalue weighted by molar-refractivity contribution is 0.177. The number of methoxy groups -OCH3 is 1. The molecule has 0 amide bonds. The van der Waals surface area contributed by atoms with Crippen molar-refractivity contribution >= 4 is 34.0 Å². The van der Waals surface area contributed by atoms with Crippen LogP contribution in [0, 0.1) is 0 Å². The Balaban J connectivity index is 1.74. The van der Waals surface area contributed by atoms with Crippen molar-refractivity contribution in [1.29, 1.82) is 0 Å². The minimum Gasteiger partial charge on any atom is -0.497 e. The highest BCUT2D eigenvalue weighted by molar-refractivity contribution is 6.35. The molecule has 0 fully saturated rings. The fraction of sp³-hybridized carbons (Fsp3) is 0.200. The second-order valence-corrected chi connectivity index (χ2v) is 6.78. The molecule has 0 aromatic heterocycles. The van der Waals surface area contributed by atoms with Gasteiger partial charge in [-0.05, 0) is 53.9 Å². The molecule has 1 unspecified atom stereocenters. The summed E-state index contributed by atoms with van der Waals surface area (Å²) in [6.45, 7) is 0. The van der Waals surface area contributed by atoms with Crippen LogP contribution < -0.4 is 9.47 Å². The van der Waals surface area contributed by atoms with Gasteiger partial charge in [0.05, 0.1) is 7.11 Å². The first-order valence-electron chi connectivity index (χ1n) is 7.87. The van der Waals surface area contributed by atoms with Crippen LogP contribution in [-0.4, -0.2) is 7.11 Å². The van der Waals surface area contributed by atoms with Gasteiger partial charge in [0.1, 0.15) is 17.6 Å². The predicted octanol–water partition coefficient (Wildman–Crippen LogP) is 6.22. The van der Waals surface area contributed by atoms with E-state index >= 15 is 0 Å². The van der Waals surface area contributed by atoms with Gasteiger partial charge in [-0.25, -0.2) is 0 Å². The zero-order valence-corrected chi connectivity index (χ0v) is 14.7. The van der Waals surface area contributed by atoms with E-state index in [0.717, 1.165) is 29.9 Å². The molecular weight excluding hydrogens is 343 g/mol. The summed E-state index contributed by atoms with van der Waals surface area (Å²) in [6.07, 6.45) is 1.76. The number of benzene rings is 3. The van der Waals surface area contributed by atoms with Crippen molar-refractivity contribution in [2.45, 2.75) is 18.9 Å². The second-order valence-electron chi connectivity index (χ2n) is 5.94. The Kier molecular flexibility index (Phi) is 4.03. The van der Waals surface area contributed by atoms with Gasteiger partial charge in [-0.1, -0.05) is 41.4 Å². The van der Waals surface area contributed by atoms with Crippen LogP contribution in [0.5, 0.6) is 11.5 Å². The minimum atomic E-state index is -0.0506. The van der Waals surface area contributed by atoms with Gasteiger partial charge in [0.2, 0.25) is 0 Å². The van der Waals surface area contributed by atoms with Crippen LogP contribution in [0.15, 0.2) is 48.5 Å². The van der Waals surface area contributed by atoms with E-state index in [0.29, 0.717) is 10.0 Å². The van der Waals surface area contributed by atoms with Gasteiger partial charge in [-0.2, -0.15) is 0 Å². The average Bonchev–Trinajstić information content (AvgIpc) is 2.60. The molecule has 1 atom stereocenters. The highest BCUT2D eigenvalue weighted by atomic mass is 35.5. The Labute approximate surface area is 150 Å². The summed E-state index contributed by atoms with van der Waals surface area (Å²) in [5.74, 6) is 1.77. The van der Waals surface area contributed by atoms with Crippen LogP contribution in [0.4, 0.5) is 0 Å². The number of rotatable bonds is 2. The summed E-state index contributed by atoms with van der Waals surface area (Å²) >= 11 is 12.3. The van der Waals surface area contributed by atoms with Crippen LogP contribution in [-0.2, 0) is 6.42 Å². The van der Waals surface area contributed by atoms with E-state index in [1.54, 1.807) is 13.2 Å². The van der Waals surface area contributed by atoms with E-state index in [2.05, 4.69) is 18.2 Å². The van der Waals surface area contributed by atoms with Gasteiger partial charge in [-0.15, -0.1) is 0 Å². The molecule has 4 rings (SSSR count).